The summed E-state index contributed by atoms with van der Waals surface area (Å²) in [4.78, 5) is 11.4. The van der Waals surface area contributed by atoms with Gasteiger partial charge in [-0.15, -0.1) is 0 Å². The van der Waals surface area contributed by atoms with Crippen LogP contribution in [0.25, 0.3) is 21.8 Å². The fourth-order valence-electron chi connectivity index (χ4n) is 3.03. The molecule has 0 spiro atoms. The highest BCUT2D eigenvalue weighted by molar-refractivity contribution is 6.08. The molecule has 120 valence electrons. The Kier molecular flexibility index (Phi) is 4.07. The predicted octanol–water partition coefficient (Wildman–Crippen LogP) is 2.38. The number of fused-ring (bicyclic) bond motifs is 3. The molecule has 5 heteroatoms. The summed E-state index contributed by atoms with van der Waals surface area (Å²) in [5, 5.41) is 22.1. The summed E-state index contributed by atoms with van der Waals surface area (Å²) in [5.74, 6) is -0.853. The molecule has 23 heavy (non-hydrogen) atoms. The summed E-state index contributed by atoms with van der Waals surface area (Å²) in [5.41, 5.74) is 2.65. The van der Waals surface area contributed by atoms with Crippen molar-refractivity contribution >= 4 is 27.8 Å². The second kappa shape index (κ2) is 6.02. The Labute approximate surface area is 133 Å². The predicted molar refractivity (Wildman–Crippen MR) is 88.1 cm³/mol. The number of aromatic nitrogens is 1. The van der Waals surface area contributed by atoms with Gasteiger partial charge in [0.15, 0.2) is 6.10 Å². The van der Waals surface area contributed by atoms with Gasteiger partial charge >= 0.3 is 5.97 Å². The van der Waals surface area contributed by atoms with Gasteiger partial charge in [-0.1, -0.05) is 24.3 Å². The molecule has 0 saturated carbocycles. The number of methoxy groups -OCH3 is 1. The lowest BCUT2D eigenvalue weighted by atomic mass is 10.0. The molecule has 0 amide bonds. The van der Waals surface area contributed by atoms with Crippen LogP contribution in [0.3, 0.4) is 0 Å². The third kappa shape index (κ3) is 2.48. The van der Waals surface area contributed by atoms with Gasteiger partial charge in [0.2, 0.25) is 0 Å². The number of aliphatic hydroxyl groups excluding tert-OH is 2. The van der Waals surface area contributed by atoms with E-state index in [0.717, 1.165) is 28.4 Å². The van der Waals surface area contributed by atoms with Crippen LogP contribution in [0.15, 0.2) is 42.5 Å². The second-order valence-corrected chi connectivity index (χ2v) is 5.45. The Morgan fingerprint density at radius 2 is 1.83 bits per heavy atom. The highest BCUT2D eigenvalue weighted by Gasteiger charge is 2.27. The number of carbonyl (C=O) groups is 1. The molecule has 0 aliphatic carbocycles. The van der Waals surface area contributed by atoms with Gasteiger partial charge in [-0.3, -0.25) is 0 Å². The molecule has 0 fully saturated rings. The molecule has 0 aliphatic heterocycles. The van der Waals surface area contributed by atoms with Gasteiger partial charge in [0, 0.05) is 28.4 Å². The van der Waals surface area contributed by atoms with E-state index in [1.54, 1.807) is 6.07 Å². The van der Waals surface area contributed by atoms with Crippen molar-refractivity contribution in [1.29, 1.82) is 0 Å². The van der Waals surface area contributed by atoms with Crippen LogP contribution in [0.1, 0.15) is 18.6 Å². The lowest BCUT2D eigenvalue weighted by Crippen LogP contribution is -2.28. The Balaban J connectivity index is 2.15. The Morgan fingerprint density at radius 3 is 2.52 bits per heavy atom. The molecular formula is C18H19NO4. The molecule has 2 unspecified atom stereocenters. The minimum atomic E-state index is -1.60. The number of para-hydroxylation sites is 1. The summed E-state index contributed by atoms with van der Waals surface area (Å²) in [6.07, 6.45) is -2.92. The van der Waals surface area contributed by atoms with Gasteiger partial charge in [-0.05, 0) is 30.7 Å². The van der Waals surface area contributed by atoms with Crippen LogP contribution >= 0.6 is 0 Å². The zero-order valence-corrected chi connectivity index (χ0v) is 13.1. The van der Waals surface area contributed by atoms with E-state index in [1.807, 2.05) is 30.3 Å². The summed E-state index contributed by atoms with van der Waals surface area (Å²) in [6, 6.07) is 13.5. The van der Waals surface area contributed by atoms with Gasteiger partial charge in [0.25, 0.3) is 0 Å². The lowest BCUT2D eigenvalue weighted by molar-refractivity contribution is -0.156. The van der Waals surface area contributed by atoms with Crippen LogP contribution in [-0.2, 0) is 16.1 Å². The van der Waals surface area contributed by atoms with Crippen molar-refractivity contribution in [3.05, 3.63) is 48.0 Å². The number of aryl methyl sites for hydroxylation is 1. The number of ether oxygens (including phenoxy) is 1. The molecule has 2 atom stereocenters. The van der Waals surface area contributed by atoms with Crippen molar-refractivity contribution in [2.45, 2.75) is 25.7 Å². The highest BCUT2D eigenvalue weighted by Crippen LogP contribution is 2.31. The Bertz CT molecular complexity index is 868. The zero-order chi connectivity index (χ0) is 16.6. The standard InChI is InChI=1S/C18H19NO4/c1-3-19-14-7-5-4-6-12(14)13-10-11(8-9-15(13)19)16(20)17(21)18(22)23-2/h4-10,16-17,20-21H,3H2,1-2H3. The normalized spacial score (nSPS) is 14.1. The van der Waals surface area contributed by atoms with E-state index in [9.17, 15) is 15.0 Å². The van der Waals surface area contributed by atoms with Crippen molar-refractivity contribution < 1.29 is 19.7 Å². The number of hydrogen-bond acceptors (Lipinski definition) is 4. The summed E-state index contributed by atoms with van der Waals surface area (Å²) in [7, 11) is 1.18. The van der Waals surface area contributed by atoms with Crippen LogP contribution in [-0.4, -0.2) is 34.0 Å². The fourth-order valence-corrected chi connectivity index (χ4v) is 3.03. The molecule has 0 aliphatic rings. The molecule has 1 heterocycles. The van der Waals surface area contributed by atoms with Crippen LogP contribution < -0.4 is 0 Å². The third-order valence-electron chi connectivity index (χ3n) is 4.20. The summed E-state index contributed by atoms with van der Waals surface area (Å²) < 4.78 is 6.67. The average molecular weight is 313 g/mol. The molecule has 3 aromatic rings. The quantitative estimate of drug-likeness (QED) is 0.726. The van der Waals surface area contributed by atoms with Gasteiger partial charge in [0.1, 0.15) is 6.10 Å². The number of rotatable bonds is 4. The lowest BCUT2D eigenvalue weighted by Gasteiger charge is -2.16. The monoisotopic (exact) mass is 313 g/mol. The minimum Gasteiger partial charge on any atom is -0.467 e. The van der Waals surface area contributed by atoms with Crippen molar-refractivity contribution in [3.8, 4) is 0 Å². The van der Waals surface area contributed by atoms with Crippen LogP contribution in [0.4, 0.5) is 0 Å². The first kappa shape index (κ1) is 15.5. The number of hydrogen-bond donors (Lipinski definition) is 2. The van der Waals surface area contributed by atoms with E-state index in [2.05, 4.69) is 22.3 Å². The molecule has 0 saturated heterocycles. The summed E-state index contributed by atoms with van der Waals surface area (Å²) in [6.45, 7) is 2.91. The van der Waals surface area contributed by atoms with Gasteiger partial charge in [0.05, 0.1) is 7.11 Å². The zero-order valence-electron chi connectivity index (χ0n) is 13.1. The first-order valence-electron chi connectivity index (χ1n) is 7.53. The largest absolute Gasteiger partial charge is 0.467 e. The Morgan fingerprint density at radius 1 is 1.13 bits per heavy atom. The van der Waals surface area contributed by atoms with Crippen molar-refractivity contribution in [3.63, 3.8) is 0 Å². The van der Waals surface area contributed by atoms with E-state index in [4.69, 9.17) is 0 Å². The number of esters is 1. The molecule has 5 nitrogen and oxygen atoms in total. The molecule has 0 radical (unpaired) electrons. The second-order valence-electron chi connectivity index (χ2n) is 5.45. The van der Waals surface area contributed by atoms with Crippen LogP contribution in [0.2, 0.25) is 0 Å². The van der Waals surface area contributed by atoms with E-state index >= 15 is 0 Å². The van der Waals surface area contributed by atoms with E-state index in [-0.39, 0.29) is 0 Å². The first-order chi connectivity index (χ1) is 11.1. The number of aliphatic hydroxyl groups is 2. The highest BCUT2D eigenvalue weighted by atomic mass is 16.5. The molecule has 0 bridgehead atoms. The topological polar surface area (TPSA) is 71.7 Å². The van der Waals surface area contributed by atoms with Crippen molar-refractivity contribution in [2.24, 2.45) is 0 Å². The van der Waals surface area contributed by atoms with Crippen LogP contribution in [0, 0.1) is 0 Å². The summed E-state index contributed by atoms with van der Waals surface area (Å²) >= 11 is 0. The van der Waals surface area contributed by atoms with Gasteiger partial charge in [-0.25, -0.2) is 4.79 Å². The smallest absolute Gasteiger partial charge is 0.337 e. The van der Waals surface area contributed by atoms with Crippen LogP contribution in [0.5, 0.6) is 0 Å². The van der Waals surface area contributed by atoms with Gasteiger partial charge in [-0.2, -0.15) is 0 Å². The maximum atomic E-state index is 11.4. The fraction of sp³-hybridized carbons (Fsp3) is 0.278. The number of nitrogens with zero attached hydrogens (tertiary/aromatic N) is 1. The number of carbonyl (C=O) groups excluding carboxylic acids is 1. The first-order valence-corrected chi connectivity index (χ1v) is 7.53. The minimum absolute atomic E-state index is 0.481. The van der Waals surface area contributed by atoms with Crippen molar-refractivity contribution in [2.75, 3.05) is 7.11 Å². The maximum Gasteiger partial charge on any atom is 0.337 e. The molecule has 2 aromatic carbocycles. The molecular weight excluding hydrogens is 294 g/mol. The van der Waals surface area contributed by atoms with Crippen molar-refractivity contribution in [1.82, 2.24) is 4.57 Å². The van der Waals surface area contributed by atoms with E-state index in [0.29, 0.717) is 5.56 Å². The number of benzene rings is 2. The molecule has 3 rings (SSSR count). The van der Waals surface area contributed by atoms with E-state index < -0.39 is 18.2 Å². The maximum absolute atomic E-state index is 11.4. The van der Waals surface area contributed by atoms with E-state index in [1.165, 1.54) is 7.11 Å². The SMILES string of the molecule is CCn1c2ccccc2c2cc(C(O)C(O)C(=O)OC)ccc21. The average Bonchev–Trinajstić information content (AvgIpc) is 2.92. The third-order valence-corrected chi connectivity index (χ3v) is 4.20. The van der Waals surface area contributed by atoms with Gasteiger partial charge < -0.3 is 19.5 Å². The molecule has 1 aromatic heterocycles. The Hall–Kier alpha value is -2.37. The molecule has 2 N–H and O–H groups in total.